The number of halogens is 1. The fourth-order valence-electron chi connectivity index (χ4n) is 1.49. The molecule has 1 aromatic heterocycles. The summed E-state index contributed by atoms with van der Waals surface area (Å²) in [6.07, 6.45) is 5.84. The van der Waals surface area contributed by atoms with Gasteiger partial charge in [0.1, 0.15) is 6.17 Å². The van der Waals surface area contributed by atoms with Gasteiger partial charge in [-0.25, -0.2) is 4.39 Å². The quantitative estimate of drug-likeness (QED) is 0.661. The van der Waals surface area contributed by atoms with Crippen molar-refractivity contribution >= 4 is 0 Å². The van der Waals surface area contributed by atoms with Crippen molar-refractivity contribution in [2.24, 2.45) is 0 Å². The van der Waals surface area contributed by atoms with Gasteiger partial charge < -0.3 is 5.32 Å². The second kappa shape index (κ2) is 3.66. The summed E-state index contributed by atoms with van der Waals surface area (Å²) in [4.78, 5) is 3.90. The van der Waals surface area contributed by atoms with Crippen molar-refractivity contribution in [1.82, 2.24) is 10.3 Å². The van der Waals surface area contributed by atoms with E-state index in [0.29, 0.717) is 0 Å². The third-order valence-electron chi connectivity index (χ3n) is 2.16. The fraction of sp³-hybridized carbons (Fsp3) is 0.300. The smallest absolute Gasteiger partial charge is 0.138 e. The van der Waals surface area contributed by atoms with E-state index in [-0.39, 0.29) is 6.04 Å². The van der Waals surface area contributed by atoms with Crippen molar-refractivity contribution in [2.45, 2.75) is 12.2 Å². The van der Waals surface area contributed by atoms with E-state index < -0.39 is 6.17 Å². The number of rotatable bonds is 1. The second-order valence-electron chi connectivity index (χ2n) is 3.04. The highest BCUT2D eigenvalue weighted by Gasteiger charge is 2.21. The predicted molar refractivity (Wildman–Crippen MR) is 49.0 cm³/mol. The van der Waals surface area contributed by atoms with Crippen LogP contribution in [0.25, 0.3) is 0 Å². The SMILES string of the molecule is FC1C=CCNC1c1ccncc1. The van der Waals surface area contributed by atoms with Crippen molar-refractivity contribution in [1.29, 1.82) is 0 Å². The van der Waals surface area contributed by atoms with E-state index in [2.05, 4.69) is 10.3 Å². The van der Waals surface area contributed by atoms with Gasteiger partial charge in [-0.15, -0.1) is 0 Å². The minimum absolute atomic E-state index is 0.215. The summed E-state index contributed by atoms with van der Waals surface area (Å²) in [5, 5.41) is 3.10. The van der Waals surface area contributed by atoms with Crippen molar-refractivity contribution < 1.29 is 4.39 Å². The molecule has 2 atom stereocenters. The monoisotopic (exact) mass is 178 g/mol. The average molecular weight is 178 g/mol. The zero-order valence-corrected chi connectivity index (χ0v) is 7.15. The molecule has 1 N–H and O–H groups in total. The van der Waals surface area contributed by atoms with Crippen molar-refractivity contribution in [3.05, 3.63) is 42.2 Å². The Morgan fingerprint density at radius 2 is 2.15 bits per heavy atom. The van der Waals surface area contributed by atoms with Gasteiger partial charge in [0.25, 0.3) is 0 Å². The van der Waals surface area contributed by atoms with Crippen molar-refractivity contribution in [2.75, 3.05) is 6.54 Å². The van der Waals surface area contributed by atoms with Crippen LogP contribution in [0.3, 0.4) is 0 Å². The van der Waals surface area contributed by atoms with E-state index in [9.17, 15) is 4.39 Å². The van der Waals surface area contributed by atoms with Crippen LogP contribution in [-0.2, 0) is 0 Å². The maximum absolute atomic E-state index is 13.4. The van der Waals surface area contributed by atoms with Crippen LogP contribution < -0.4 is 5.32 Å². The normalized spacial score (nSPS) is 27.5. The maximum Gasteiger partial charge on any atom is 0.138 e. The molecule has 3 heteroatoms. The predicted octanol–water partition coefficient (Wildman–Crippen LogP) is 1.62. The summed E-state index contributed by atoms with van der Waals surface area (Å²) in [7, 11) is 0. The van der Waals surface area contributed by atoms with Crippen LogP contribution in [0.2, 0.25) is 0 Å². The van der Waals surface area contributed by atoms with Gasteiger partial charge >= 0.3 is 0 Å². The zero-order valence-electron chi connectivity index (χ0n) is 7.15. The molecule has 2 rings (SSSR count). The van der Waals surface area contributed by atoms with Gasteiger partial charge in [0.15, 0.2) is 0 Å². The molecule has 0 saturated heterocycles. The third kappa shape index (κ3) is 1.75. The molecular weight excluding hydrogens is 167 g/mol. The van der Waals surface area contributed by atoms with Crippen LogP contribution in [0.5, 0.6) is 0 Å². The molecule has 0 saturated carbocycles. The first kappa shape index (κ1) is 8.38. The maximum atomic E-state index is 13.4. The van der Waals surface area contributed by atoms with Crippen molar-refractivity contribution in [3.63, 3.8) is 0 Å². The van der Waals surface area contributed by atoms with Gasteiger partial charge in [0.2, 0.25) is 0 Å². The molecule has 1 aliphatic rings. The summed E-state index contributed by atoms with van der Waals surface area (Å²) >= 11 is 0. The molecule has 0 bridgehead atoms. The minimum Gasteiger partial charge on any atom is -0.304 e. The number of alkyl halides is 1. The van der Waals surface area contributed by atoms with Crippen LogP contribution in [0.4, 0.5) is 4.39 Å². The molecule has 0 aliphatic carbocycles. The fourth-order valence-corrected chi connectivity index (χ4v) is 1.49. The summed E-state index contributed by atoms with van der Waals surface area (Å²) < 4.78 is 13.4. The van der Waals surface area contributed by atoms with E-state index in [1.54, 1.807) is 18.5 Å². The molecule has 1 aromatic rings. The molecule has 13 heavy (non-hydrogen) atoms. The number of nitrogens with zero attached hydrogens (tertiary/aromatic N) is 1. The molecule has 0 aromatic carbocycles. The zero-order chi connectivity index (χ0) is 9.10. The molecule has 2 nitrogen and oxygen atoms in total. The van der Waals surface area contributed by atoms with Gasteiger partial charge in [-0.3, -0.25) is 4.98 Å². The first-order chi connectivity index (χ1) is 6.38. The topological polar surface area (TPSA) is 24.9 Å². The Morgan fingerprint density at radius 1 is 1.38 bits per heavy atom. The molecule has 2 heterocycles. The third-order valence-corrected chi connectivity index (χ3v) is 2.16. The standard InChI is InChI=1S/C10H11FN2/c11-9-2-1-5-13-10(9)8-3-6-12-7-4-8/h1-4,6-7,9-10,13H,5H2. The summed E-state index contributed by atoms with van der Waals surface area (Å²) in [6.45, 7) is 0.730. The summed E-state index contributed by atoms with van der Waals surface area (Å²) in [5.41, 5.74) is 0.951. The summed E-state index contributed by atoms with van der Waals surface area (Å²) in [5.74, 6) is 0. The van der Waals surface area contributed by atoms with Gasteiger partial charge in [-0.05, 0) is 17.7 Å². The van der Waals surface area contributed by atoms with Gasteiger partial charge in [0, 0.05) is 18.9 Å². The van der Waals surface area contributed by atoms with Crippen LogP contribution in [-0.4, -0.2) is 17.7 Å². The molecule has 0 amide bonds. The lowest BCUT2D eigenvalue weighted by molar-refractivity contribution is 0.299. The first-order valence-electron chi connectivity index (χ1n) is 4.32. The van der Waals surface area contributed by atoms with E-state index in [1.807, 2.05) is 18.2 Å². The highest BCUT2D eigenvalue weighted by Crippen LogP contribution is 2.21. The Hall–Kier alpha value is -1.22. The van der Waals surface area contributed by atoms with E-state index in [0.717, 1.165) is 12.1 Å². The highest BCUT2D eigenvalue weighted by atomic mass is 19.1. The molecule has 0 radical (unpaired) electrons. The lowest BCUT2D eigenvalue weighted by atomic mass is 10.0. The van der Waals surface area contributed by atoms with Gasteiger partial charge in [-0.1, -0.05) is 12.2 Å². The van der Waals surface area contributed by atoms with Crippen LogP contribution >= 0.6 is 0 Å². The van der Waals surface area contributed by atoms with E-state index >= 15 is 0 Å². The largest absolute Gasteiger partial charge is 0.304 e. The average Bonchev–Trinajstić information content (AvgIpc) is 2.20. The molecule has 1 aliphatic heterocycles. The van der Waals surface area contributed by atoms with Crippen LogP contribution in [0, 0.1) is 0 Å². The molecule has 0 spiro atoms. The van der Waals surface area contributed by atoms with Gasteiger partial charge in [-0.2, -0.15) is 0 Å². The molecule has 0 fully saturated rings. The van der Waals surface area contributed by atoms with E-state index in [1.165, 1.54) is 0 Å². The lowest BCUT2D eigenvalue weighted by Crippen LogP contribution is -2.32. The first-order valence-corrected chi connectivity index (χ1v) is 4.32. The van der Waals surface area contributed by atoms with Crippen LogP contribution in [0.15, 0.2) is 36.7 Å². The number of nitrogens with one attached hydrogen (secondary N) is 1. The molecule has 2 unspecified atom stereocenters. The Kier molecular flexibility index (Phi) is 2.36. The number of aromatic nitrogens is 1. The Bertz CT molecular complexity index is 297. The Balaban J connectivity index is 2.22. The molecule has 68 valence electrons. The molecular formula is C10H11FN2. The second-order valence-corrected chi connectivity index (χ2v) is 3.04. The summed E-state index contributed by atoms with van der Waals surface area (Å²) in [6, 6.07) is 3.46. The van der Waals surface area contributed by atoms with Crippen LogP contribution in [0.1, 0.15) is 11.6 Å². The Morgan fingerprint density at radius 3 is 2.85 bits per heavy atom. The minimum atomic E-state index is -0.934. The van der Waals surface area contributed by atoms with Crippen molar-refractivity contribution in [3.8, 4) is 0 Å². The number of pyridine rings is 1. The highest BCUT2D eigenvalue weighted by molar-refractivity contribution is 5.20. The number of hydrogen-bond donors (Lipinski definition) is 1. The van der Waals surface area contributed by atoms with Gasteiger partial charge in [0.05, 0.1) is 6.04 Å². The Labute approximate surface area is 76.5 Å². The number of hydrogen-bond acceptors (Lipinski definition) is 2. The lowest BCUT2D eigenvalue weighted by Gasteiger charge is -2.23. The van der Waals surface area contributed by atoms with E-state index in [4.69, 9.17) is 0 Å².